The number of hydrogen-bond acceptors (Lipinski definition) is 5. The van der Waals surface area contributed by atoms with Crippen LogP contribution in [0.15, 0.2) is 70.9 Å². The Morgan fingerprint density at radius 3 is 2.39 bits per heavy atom. The molecule has 164 valence electrons. The van der Waals surface area contributed by atoms with E-state index >= 15 is 0 Å². The fourth-order valence-electron chi connectivity index (χ4n) is 3.02. The minimum Gasteiger partial charge on any atom is -0.496 e. The summed E-state index contributed by atoms with van der Waals surface area (Å²) in [5.41, 5.74) is 0.845. The molecule has 0 radical (unpaired) electrons. The average Bonchev–Trinajstić information content (AvgIpc) is 3.27. The van der Waals surface area contributed by atoms with Gasteiger partial charge in [-0.1, -0.05) is 35.9 Å². The number of methoxy groups -OCH3 is 1. The van der Waals surface area contributed by atoms with Crippen LogP contribution in [-0.4, -0.2) is 44.2 Å². The largest absolute Gasteiger partial charge is 0.496 e. The SMILES string of the molecule is COc1ccccc1CN(Cc1cccs1)C(=O)CN(C)S(=O)(=O)c1ccc(Cl)cc1. The van der Waals surface area contributed by atoms with E-state index in [0.717, 1.165) is 14.7 Å². The van der Waals surface area contributed by atoms with E-state index in [1.165, 1.54) is 31.3 Å². The Kier molecular flexibility index (Phi) is 7.72. The van der Waals surface area contributed by atoms with E-state index in [4.69, 9.17) is 16.3 Å². The Hall–Kier alpha value is -2.39. The van der Waals surface area contributed by atoms with Gasteiger partial charge in [0.1, 0.15) is 5.75 Å². The van der Waals surface area contributed by atoms with Gasteiger partial charge in [-0.25, -0.2) is 8.42 Å². The number of likely N-dealkylation sites (N-methyl/N-ethyl adjacent to an activating group) is 1. The Labute approximate surface area is 191 Å². The summed E-state index contributed by atoms with van der Waals surface area (Å²) in [6.07, 6.45) is 0. The first kappa shape index (κ1) is 23.3. The van der Waals surface area contributed by atoms with Crippen LogP contribution in [0.2, 0.25) is 5.02 Å². The number of thiophene rings is 1. The van der Waals surface area contributed by atoms with Crippen LogP contribution < -0.4 is 4.74 Å². The van der Waals surface area contributed by atoms with Crippen LogP contribution in [0.3, 0.4) is 0 Å². The molecule has 9 heteroatoms. The molecule has 6 nitrogen and oxygen atoms in total. The summed E-state index contributed by atoms with van der Waals surface area (Å²) in [4.78, 5) is 15.9. The molecule has 2 aromatic carbocycles. The van der Waals surface area contributed by atoms with Gasteiger partial charge in [-0.2, -0.15) is 4.31 Å². The van der Waals surface area contributed by atoms with Crippen LogP contribution >= 0.6 is 22.9 Å². The maximum absolute atomic E-state index is 13.2. The van der Waals surface area contributed by atoms with E-state index in [1.54, 1.807) is 23.3 Å². The number of hydrogen-bond donors (Lipinski definition) is 0. The quantitative estimate of drug-likeness (QED) is 0.461. The van der Waals surface area contributed by atoms with Crippen molar-refractivity contribution in [2.75, 3.05) is 20.7 Å². The van der Waals surface area contributed by atoms with Crippen molar-refractivity contribution in [2.24, 2.45) is 0 Å². The van der Waals surface area contributed by atoms with E-state index in [-0.39, 0.29) is 17.3 Å². The molecular weight excluding hydrogens is 456 g/mol. The molecule has 0 spiro atoms. The lowest BCUT2D eigenvalue weighted by Gasteiger charge is -2.26. The van der Waals surface area contributed by atoms with Gasteiger partial charge in [0.15, 0.2) is 0 Å². The molecular formula is C22H23ClN2O4S2. The van der Waals surface area contributed by atoms with Gasteiger partial charge in [0, 0.05) is 29.1 Å². The second kappa shape index (κ2) is 10.3. The minimum atomic E-state index is -3.83. The second-order valence-corrected chi connectivity index (χ2v) is 10.4. The number of sulfonamides is 1. The van der Waals surface area contributed by atoms with Crippen LogP contribution in [0.25, 0.3) is 0 Å². The van der Waals surface area contributed by atoms with Crippen LogP contribution in [-0.2, 0) is 27.9 Å². The van der Waals surface area contributed by atoms with E-state index in [1.807, 2.05) is 41.8 Å². The standard InChI is InChI=1S/C22H23ClN2O4S2/c1-24(31(27,28)20-11-9-18(23)10-12-20)16-22(26)25(15-19-7-5-13-30-19)14-17-6-3-4-8-21(17)29-2/h3-13H,14-16H2,1-2H3. The molecule has 0 bridgehead atoms. The van der Waals surface area contributed by atoms with Gasteiger partial charge < -0.3 is 9.64 Å². The minimum absolute atomic E-state index is 0.0849. The number of halogens is 1. The summed E-state index contributed by atoms with van der Waals surface area (Å²) in [5.74, 6) is 0.368. The fourth-order valence-corrected chi connectivity index (χ4v) is 4.99. The first-order chi connectivity index (χ1) is 14.8. The number of nitrogens with zero attached hydrogens (tertiary/aromatic N) is 2. The highest BCUT2D eigenvalue weighted by Gasteiger charge is 2.26. The summed E-state index contributed by atoms with van der Waals surface area (Å²) >= 11 is 7.40. The highest BCUT2D eigenvalue weighted by molar-refractivity contribution is 7.89. The van der Waals surface area contributed by atoms with Gasteiger partial charge in [0.2, 0.25) is 15.9 Å². The van der Waals surface area contributed by atoms with E-state index in [0.29, 0.717) is 23.9 Å². The van der Waals surface area contributed by atoms with E-state index < -0.39 is 10.0 Å². The molecule has 1 aromatic heterocycles. The van der Waals surface area contributed by atoms with Gasteiger partial charge in [-0.3, -0.25) is 4.79 Å². The molecule has 0 unspecified atom stereocenters. The maximum atomic E-state index is 13.2. The molecule has 0 atom stereocenters. The first-order valence-corrected chi connectivity index (χ1v) is 12.1. The van der Waals surface area contributed by atoms with Crippen LogP contribution in [0.5, 0.6) is 5.75 Å². The van der Waals surface area contributed by atoms with Crippen LogP contribution in [0, 0.1) is 0 Å². The first-order valence-electron chi connectivity index (χ1n) is 9.45. The topological polar surface area (TPSA) is 66.9 Å². The third-order valence-corrected chi connectivity index (χ3v) is 7.64. The van der Waals surface area contributed by atoms with Crippen molar-refractivity contribution in [1.29, 1.82) is 0 Å². The summed E-state index contributed by atoms with van der Waals surface area (Å²) in [6.45, 7) is 0.393. The number of amides is 1. The Morgan fingerprint density at radius 1 is 1.03 bits per heavy atom. The molecule has 0 fully saturated rings. The van der Waals surface area contributed by atoms with E-state index in [9.17, 15) is 13.2 Å². The van der Waals surface area contributed by atoms with Gasteiger partial charge in [0.05, 0.1) is 25.1 Å². The molecule has 0 N–H and O–H groups in total. The zero-order chi connectivity index (χ0) is 22.4. The predicted molar refractivity (Wildman–Crippen MR) is 123 cm³/mol. The van der Waals surface area contributed by atoms with Gasteiger partial charge in [-0.15, -0.1) is 11.3 Å². The highest BCUT2D eigenvalue weighted by Crippen LogP contribution is 2.23. The zero-order valence-electron chi connectivity index (χ0n) is 17.2. The Balaban J connectivity index is 1.81. The van der Waals surface area contributed by atoms with Crippen molar-refractivity contribution in [2.45, 2.75) is 18.0 Å². The van der Waals surface area contributed by atoms with E-state index in [2.05, 4.69) is 0 Å². The van der Waals surface area contributed by atoms with Crippen LogP contribution in [0.4, 0.5) is 0 Å². The summed E-state index contributed by atoms with van der Waals surface area (Å²) in [5, 5.41) is 2.38. The number of benzene rings is 2. The van der Waals surface area contributed by atoms with Crippen molar-refractivity contribution in [3.05, 3.63) is 81.5 Å². The van der Waals surface area contributed by atoms with Crippen molar-refractivity contribution >= 4 is 38.9 Å². The van der Waals surface area contributed by atoms with Crippen molar-refractivity contribution < 1.29 is 17.9 Å². The highest BCUT2D eigenvalue weighted by atomic mass is 35.5. The van der Waals surface area contributed by atoms with Gasteiger partial charge >= 0.3 is 0 Å². The van der Waals surface area contributed by atoms with Gasteiger partial charge in [-0.05, 0) is 41.8 Å². The Morgan fingerprint density at radius 2 is 1.74 bits per heavy atom. The molecule has 3 aromatic rings. The summed E-state index contributed by atoms with van der Waals surface area (Å²) < 4.78 is 32.2. The third kappa shape index (κ3) is 5.86. The number of para-hydroxylation sites is 1. The van der Waals surface area contributed by atoms with Gasteiger partial charge in [0.25, 0.3) is 0 Å². The lowest BCUT2D eigenvalue weighted by molar-refractivity contribution is -0.132. The molecule has 0 aliphatic rings. The number of rotatable bonds is 9. The molecule has 1 amide bonds. The normalized spacial score (nSPS) is 11.5. The van der Waals surface area contributed by atoms with Crippen molar-refractivity contribution in [3.8, 4) is 5.75 Å². The second-order valence-electron chi connectivity index (χ2n) is 6.86. The number of carbonyl (C=O) groups is 1. The molecule has 0 aliphatic carbocycles. The predicted octanol–water partition coefficient (Wildman–Crippen LogP) is 4.26. The molecule has 3 rings (SSSR count). The fraction of sp³-hybridized carbons (Fsp3) is 0.227. The van der Waals surface area contributed by atoms with Crippen LogP contribution in [0.1, 0.15) is 10.4 Å². The Bertz CT molecular complexity index is 1120. The maximum Gasteiger partial charge on any atom is 0.243 e. The summed E-state index contributed by atoms with van der Waals surface area (Å²) in [7, 11) is -0.850. The molecule has 0 aliphatic heterocycles. The smallest absolute Gasteiger partial charge is 0.243 e. The monoisotopic (exact) mass is 478 g/mol. The number of ether oxygens (including phenoxy) is 1. The van der Waals surface area contributed by atoms with Crippen molar-refractivity contribution in [3.63, 3.8) is 0 Å². The number of carbonyl (C=O) groups excluding carboxylic acids is 1. The third-order valence-electron chi connectivity index (χ3n) is 4.71. The lowest BCUT2D eigenvalue weighted by atomic mass is 10.2. The molecule has 0 saturated heterocycles. The average molecular weight is 479 g/mol. The van der Waals surface area contributed by atoms with Crippen molar-refractivity contribution in [1.82, 2.24) is 9.21 Å². The molecule has 1 heterocycles. The zero-order valence-corrected chi connectivity index (χ0v) is 19.6. The molecule has 0 saturated carbocycles. The summed E-state index contributed by atoms with van der Waals surface area (Å²) in [6, 6.07) is 17.2. The lowest BCUT2D eigenvalue weighted by Crippen LogP contribution is -2.40. The molecule has 31 heavy (non-hydrogen) atoms.